The van der Waals surface area contributed by atoms with Crippen LogP contribution in [-0.2, 0) is 9.53 Å². The van der Waals surface area contributed by atoms with Crippen LogP contribution in [-0.4, -0.2) is 26.2 Å². The zero-order valence-electron chi connectivity index (χ0n) is 12.8. The number of halogens is 1. The Morgan fingerprint density at radius 1 is 1.17 bits per heavy atom. The molecule has 2 rings (SSSR count). The second kappa shape index (κ2) is 8.70. The van der Waals surface area contributed by atoms with Crippen molar-refractivity contribution in [2.24, 2.45) is 0 Å². The van der Waals surface area contributed by atoms with Crippen molar-refractivity contribution in [3.8, 4) is 5.75 Å². The minimum absolute atomic E-state index is 0.125. The number of hydrogen-bond donors (Lipinski definition) is 1. The standard InChI is InChI=1S/C18H18FNO3/c1-22-11-12-23-17-9-8-15(13-16(17)19)20-18(21)10-7-14-5-3-2-4-6-14/h2-10,13H,11-12H2,1H3,(H,20,21). The second-order valence-electron chi connectivity index (χ2n) is 4.72. The van der Waals surface area contributed by atoms with Crippen LogP contribution in [0, 0.1) is 5.82 Å². The molecular weight excluding hydrogens is 297 g/mol. The van der Waals surface area contributed by atoms with Crippen LogP contribution >= 0.6 is 0 Å². The first-order chi connectivity index (χ1) is 11.2. The van der Waals surface area contributed by atoms with Gasteiger partial charge in [-0.25, -0.2) is 4.39 Å². The van der Waals surface area contributed by atoms with Gasteiger partial charge < -0.3 is 14.8 Å². The number of hydrogen-bond acceptors (Lipinski definition) is 3. The van der Waals surface area contributed by atoms with E-state index in [1.807, 2.05) is 30.3 Å². The van der Waals surface area contributed by atoms with Crippen molar-refractivity contribution >= 4 is 17.7 Å². The smallest absolute Gasteiger partial charge is 0.248 e. The normalized spacial score (nSPS) is 10.7. The molecule has 1 N–H and O–H groups in total. The minimum atomic E-state index is -0.536. The van der Waals surface area contributed by atoms with E-state index >= 15 is 0 Å². The third kappa shape index (κ3) is 5.56. The van der Waals surface area contributed by atoms with Crippen molar-refractivity contribution in [3.63, 3.8) is 0 Å². The molecule has 0 unspecified atom stereocenters. The average molecular weight is 315 g/mol. The number of rotatable bonds is 7. The maximum absolute atomic E-state index is 13.8. The van der Waals surface area contributed by atoms with Crippen LogP contribution in [0.15, 0.2) is 54.6 Å². The van der Waals surface area contributed by atoms with Gasteiger partial charge in [0.25, 0.3) is 0 Å². The largest absolute Gasteiger partial charge is 0.488 e. The number of carbonyl (C=O) groups excluding carboxylic acids is 1. The molecule has 1 amide bonds. The molecule has 0 aliphatic carbocycles. The molecule has 5 heteroatoms. The Morgan fingerprint density at radius 2 is 1.96 bits per heavy atom. The Bertz CT molecular complexity index is 671. The highest BCUT2D eigenvalue weighted by molar-refractivity contribution is 6.01. The molecule has 0 saturated heterocycles. The molecular formula is C18H18FNO3. The van der Waals surface area contributed by atoms with Crippen molar-refractivity contribution in [1.82, 2.24) is 0 Å². The molecule has 23 heavy (non-hydrogen) atoms. The fourth-order valence-electron chi connectivity index (χ4n) is 1.85. The highest BCUT2D eigenvalue weighted by atomic mass is 19.1. The fourth-order valence-corrected chi connectivity index (χ4v) is 1.85. The first-order valence-corrected chi connectivity index (χ1v) is 7.14. The lowest BCUT2D eigenvalue weighted by Gasteiger charge is -2.08. The molecule has 0 aliphatic heterocycles. The summed E-state index contributed by atoms with van der Waals surface area (Å²) >= 11 is 0. The van der Waals surface area contributed by atoms with E-state index in [-0.39, 0.29) is 18.3 Å². The average Bonchev–Trinajstić information content (AvgIpc) is 2.56. The molecule has 2 aromatic rings. The van der Waals surface area contributed by atoms with Gasteiger partial charge in [0.2, 0.25) is 5.91 Å². The van der Waals surface area contributed by atoms with Crippen LogP contribution in [0.3, 0.4) is 0 Å². The number of amides is 1. The van der Waals surface area contributed by atoms with Gasteiger partial charge in [0.1, 0.15) is 6.61 Å². The molecule has 0 saturated carbocycles. The van der Waals surface area contributed by atoms with Crippen LogP contribution in [0.25, 0.3) is 6.08 Å². The number of ether oxygens (including phenoxy) is 2. The molecule has 4 nitrogen and oxygen atoms in total. The van der Waals surface area contributed by atoms with Crippen molar-refractivity contribution in [2.45, 2.75) is 0 Å². The van der Waals surface area contributed by atoms with E-state index in [4.69, 9.17) is 9.47 Å². The number of methoxy groups -OCH3 is 1. The van der Waals surface area contributed by atoms with Gasteiger partial charge in [-0.15, -0.1) is 0 Å². The summed E-state index contributed by atoms with van der Waals surface area (Å²) < 4.78 is 23.9. The zero-order valence-corrected chi connectivity index (χ0v) is 12.8. The lowest BCUT2D eigenvalue weighted by Crippen LogP contribution is -2.09. The van der Waals surface area contributed by atoms with Gasteiger partial charge in [-0.3, -0.25) is 4.79 Å². The van der Waals surface area contributed by atoms with Gasteiger partial charge in [0.05, 0.1) is 6.61 Å². The quantitative estimate of drug-likeness (QED) is 0.628. The fraction of sp³-hybridized carbons (Fsp3) is 0.167. The first kappa shape index (κ1) is 16.7. The summed E-state index contributed by atoms with van der Waals surface area (Å²) in [6, 6.07) is 13.7. The first-order valence-electron chi connectivity index (χ1n) is 7.14. The summed E-state index contributed by atoms with van der Waals surface area (Å²) in [5.41, 5.74) is 1.28. The topological polar surface area (TPSA) is 47.6 Å². The predicted molar refractivity (Wildman–Crippen MR) is 87.9 cm³/mol. The van der Waals surface area contributed by atoms with E-state index in [1.54, 1.807) is 19.3 Å². The minimum Gasteiger partial charge on any atom is -0.488 e. The number of carbonyl (C=O) groups is 1. The molecule has 0 atom stereocenters. The Morgan fingerprint density at radius 3 is 2.65 bits per heavy atom. The molecule has 120 valence electrons. The Kier molecular flexibility index (Phi) is 6.32. The molecule has 0 aliphatic rings. The van der Waals surface area contributed by atoms with E-state index in [0.717, 1.165) is 5.56 Å². The predicted octanol–water partition coefficient (Wildman–Crippen LogP) is 3.50. The van der Waals surface area contributed by atoms with Crippen molar-refractivity contribution < 1.29 is 18.7 Å². The third-order valence-electron chi connectivity index (χ3n) is 2.97. The SMILES string of the molecule is COCCOc1ccc(NC(=O)C=Cc2ccccc2)cc1F. The molecule has 0 aromatic heterocycles. The number of anilines is 1. The maximum atomic E-state index is 13.8. The van der Waals surface area contributed by atoms with E-state index in [1.165, 1.54) is 18.2 Å². The molecule has 0 radical (unpaired) electrons. The van der Waals surface area contributed by atoms with Gasteiger partial charge in [0.15, 0.2) is 11.6 Å². The molecule has 2 aromatic carbocycles. The van der Waals surface area contributed by atoms with Gasteiger partial charge in [0, 0.05) is 24.9 Å². The highest BCUT2D eigenvalue weighted by Crippen LogP contribution is 2.21. The number of benzene rings is 2. The van der Waals surface area contributed by atoms with E-state index < -0.39 is 5.82 Å². The van der Waals surface area contributed by atoms with Crippen LogP contribution in [0.2, 0.25) is 0 Å². The summed E-state index contributed by atoms with van der Waals surface area (Å²) in [5, 5.41) is 2.60. The third-order valence-corrected chi connectivity index (χ3v) is 2.97. The van der Waals surface area contributed by atoms with Crippen molar-refractivity contribution in [3.05, 3.63) is 66.0 Å². The molecule has 0 fully saturated rings. The second-order valence-corrected chi connectivity index (χ2v) is 4.72. The van der Waals surface area contributed by atoms with Crippen LogP contribution in [0.5, 0.6) is 5.75 Å². The lowest BCUT2D eigenvalue weighted by molar-refractivity contribution is -0.111. The Labute approximate surface area is 134 Å². The summed E-state index contributed by atoms with van der Waals surface area (Å²) in [6.45, 7) is 0.640. The van der Waals surface area contributed by atoms with E-state index in [0.29, 0.717) is 12.3 Å². The maximum Gasteiger partial charge on any atom is 0.248 e. The van der Waals surface area contributed by atoms with Crippen molar-refractivity contribution in [1.29, 1.82) is 0 Å². The van der Waals surface area contributed by atoms with Crippen LogP contribution in [0.4, 0.5) is 10.1 Å². The summed E-state index contributed by atoms with van der Waals surface area (Å²) in [5.74, 6) is -0.743. The highest BCUT2D eigenvalue weighted by Gasteiger charge is 2.06. The van der Waals surface area contributed by atoms with Gasteiger partial charge in [-0.2, -0.15) is 0 Å². The van der Waals surface area contributed by atoms with E-state index in [2.05, 4.69) is 5.32 Å². The molecule has 0 spiro atoms. The van der Waals surface area contributed by atoms with Crippen LogP contribution < -0.4 is 10.1 Å². The summed E-state index contributed by atoms with van der Waals surface area (Å²) in [7, 11) is 1.54. The van der Waals surface area contributed by atoms with Gasteiger partial charge in [-0.1, -0.05) is 30.3 Å². The lowest BCUT2D eigenvalue weighted by atomic mass is 10.2. The monoisotopic (exact) mass is 315 g/mol. The zero-order chi connectivity index (χ0) is 16.5. The van der Waals surface area contributed by atoms with Gasteiger partial charge >= 0.3 is 0 Å². The molecule has 0 heterocycles. The Hall–Kier alpha value is -2.66. The van der Waals surface area contributed by atoms with Gasteiger partial charge in [-0.05, 0) is 23.8 Å². The van der Waals surface area contributed by atoms with E-state index in [9.17, 15) is 9.18 Å². The van der Waals surface area contributed by atoms with Crippen molar-refractivity contribution in [2.75, 3.05) is 25.6 Å². The molecule has 0 bridgehead atoms. The summed E-state index contributed by atoms with van der Waals surface area (Å²) in [4.78, 5) is 11.8. The number of nitrogens with one attached hydrogen (secondary N) is 1. The van der Waals surface area contributed by atoms with Crippen LogP contribution in [0.1, 0.15) is 5.56 Å². The Balaban J connectivity index is 1.93. The summed E-state index contributed by atoms with van der Waals surface area (Å²) in [6.07, 6.45) is 3.09.